The summed E-state index contributed by atoms with van der Waals surface area (Å²) in [5.41, 5.74) is -0.176. The fourth-order valence-corrected chi connectivity index (χ4v) is 3.16. The van der Waals surface area contributed by atoms with Gasteiger partial charge in [0.05, 0.1) is 36.4 Å². The normalized spacial score (nSPS) is 11.4. The van der Waals surface area contributed by atoms with Gasteiger partial charge < -0.3 is 25.0 Å². The number of carbonyl (C=O) groups excluding carboxylic acids is 2. The number of anilines is 1. The van der Waals surface area contributed by atoms with E-state index in [0.29, 0.717) is 24.0 Å². The van der Waals surface area contributed by atoms with Crippen molar-refractivity contribution in [2.75, 3.05) is 31.3 Å². The number of imidazole rings is 1. The minimum Gasteiger partial charge on any atom is -0.390 e. The summed E-state index contributed by atoms with van der Waals surface area (Å²) in [6.07, 6.45) is -3.05. The predicted molar refractivity (Wildman–Crippen MR) is 104 cm³/mol. The van der Waals surface area contributed by atoms with Crippen molar-refractivity contribution in [2.45, 2.75) is 24.5 Å². The number of ether oxygens (including phenoxy) is 1. The first-order valence-corrected chi connectivity index (χ1v) is 9.74. The topological polar surface area (TPSA) is 105 Å². The molecule has 2 aromatic rings. The fraction of sp³-hybridized carbons (Fsp3) is 0.389. The van der Waals surface area contributed by atoms with Gasteiger partial charge in [0.15, 0.2) is 5.16 Å². The monoisotopic (exact) mass is 446 g/mol. The summed E-state index contributed by atoms with van der Waals surface area (Å²) in [6.45, 7) is 0.254. The quantitative estimate of drug-likeness (QED) is 0.380. The van der Waals surface area contributed by atoms with Gasteiger partial charge in [-0.3, -0.25) is 9.59 Å². The highest BCUT2D eigenvalue weighted by molar-refractivity contribution is 7.99. The summed E-state index contributed by atoms with van der Waals surface area (Å²) in [5.74, 6) is -0.853. The highest BCUT2D eigenvalue weighted by Crippen LogP contribution is 2.29. The number of benzene rings is 1. The molecule has 2 rings (SSSR count). The van der Waals surface area contributed by atoms with Crippen molar-refractivity contribution in [2.24, 2.45) is 0 Å². The fourth-order valence-electron chi connectivity index (χ4n) is 2.36. The summed E-state index contributed by atoms with van der Waals surface area (Å²) >= 11 is 1.03. The number of nitrogens with zero attached hydrogens (tertiary/aromatic N) is 2. The molecule has 0 aliphatic carbocycles. The van der Waals surface area contributed by atoms with Gasteiger partial charge in [-0.1, -0.05) is 11.8 Å². The van der Waals surface area contributed by atoms with Gasteiger partial charge in [0.2, 0.25) is 11.8 Å². The van der Waals surface area contributed by atoms with Crippen molar-refractivity contribution >= 4 is 29.3 Å². The molecule has 8 nitrogen and oxygen atoms in total. The van der Waals surface area contributed by atoms with Crippen LogP contribution < -0.4 is 10.6 Å². The van der Waals surface area contributed by atoms with Gasteiger partial charge in [-0.25, -0.2) is 4.98 Å². The minimum atomic E-state index is -4.45. The second-order valence-corrected chi connectivity index (χ2v) is 6.97. The van der Waals surface area contributed by atoms with Gasteiger partial charge in [0.1, 0.15) is 6.54 Å². The number of hydrogen-bond acceptors (Lipinski definition) is 6. The third kappa shape index (κ3) is 7.04. The van der Waals surface area contributed by atoms with Crippen LogP contribution in [0, 0.1) is 0 Å². The van der Waals surface area contributed by atoms with Gasteiger partial charge in [0.25, 0.3) is 0 Å². The van der Waals surface area contributed by atoms with E-state index in [1.807, 2.05) is 0 Å². The maximum absolute atomic E-state index is 12.6. The Balaban J connectivity index is 1.94. The van der Waals surface area contributed by atoms with Gasteiger partial charge in [-0.2, -0.15) is 13.2 Å². The lowest BCUT2D eigenvalue weighted by molar-refractivity contribution is -0.137. The Morgan fingerprint density at radius 2 is 1.93 bits per heavy atom. The van der Waals surface area contributed by atoms with Crippen LogP contribution in [-0.2, 0) is 33.7 Å². The van der Waals surface area contributed by atoms with Crippen LogP contribution in [0.25, 0.3) is 0 Å². The standard InChI is InChI=1S/C18H21F3N4O4S/c1-29-7-6-22-15(27)9-25-14(10-26)8-23-17(25)30-11-16(28)24-13-4-2-12(3-5-13)18(19,20)21/h2-5,8,26H,6-7,9-11H2,1H3,(H,22,27)(H,24,28). The van der Waals surface area contributed by atoms with E-state index in [4.69, 9.17) is 4.74 Å². The van der Waals surface area contributed by atoms with Crippen molar-refractivity contribution in [3.05, 3.63) is 41.7 Å². The molecule has 0 radical (unpaired) electrons. The summed E-state index contributed by atoms with van der Waals surface area (Å²) in [7, 11) is 1.51. The number of amides is 2. The number of aromatic nitrogens is 2. The van der Waals surface area contributed by atoms with Crippen molar-refractivity contribution in [1.29, 1.82) is 0 Å². The molecule has 0 fully saturated rings. The van der Waals surface area contributed by atoms with Crippen molar-refractivity contribution in [1.82, 2.24) is 14.9 Å². The smallest absolute Gasteiger partial charge is 0.390 e. The lowest BCUT2D eigenvalue weighted by atomic mass is 10.2. The van der Waals surface area contributed by atoms with Crippen LogP contribution in [0.3, 0.4) is 0 Å². The zero-order valence-electron chi connectivity index (χ0n) is 16.0. The molecule has 0 aliphatic rings. The highest BCUT2D eigenvalue weighted by atomic mass is 32.2. The van der Waals surface area contributed by atoms with E-state index in [1.165, 1.54) is 30.0 Å². The van der Waals surface area contributed by atoms with E-state index >= 15 is 0 Å². The molecule has 0 bridgehead atoms. The first-order valence-electron chi connectivity index (χ1n) is 8.75. The molecule has 0 atom stereocenters. The zero-order chi connectivity index (χ0) is 22.1. The van der Waals surface area contributed by atoms with E-state index in [1.54, 1.807) is 0 Å². The number of alkyl halides is 3. The number of aliphatic hydroxyl groups excluding tert-OH is 1. The number of nitrogens with one attached hydrogen (secondary N) is 2. The molecule has 0 saturated carbocycles. The van der Waals surface area contributed by atoms with Crippen LogP contribution in [0.4, 0.5) is 18.9 Å². The van der Waals surface area contributed by atoms with E-state index in [-0.39, 0.29) is 30.5 Å². The largest absolute Gasteiger partial charge is 0.416 e. The summed E-state index contributed by atoms with van der Waals surface area (Å²) in [5, 5.41) is 14.9. The van der Waals surface area contributed by atoms with Crippen LogP contribution in [-0.4, -0.2) is 52.5 Å². The Hall–Kier alpha value is -2.57. The zero-order valence-corrected chi connectivity index (χ0v) is 16.8. The number of hydrogen-bond donors (Lipinski definition) is 3. The van der Waals surface area contributed by atoms with Crippen molar-refractivity contribution < 1.29 is 32.6 Å². The molecule has 1 aromatic heterocycles. The number of thioether (sulfide) groups is 1. The average molecular weight is 446 g/mol. The maximum Gasteiger partial charge on any atom is 0.416 e. The molecule has 12 heteroatoms. The first kappa shape index (κ1) is 23.7. The summed E-state index contributed by atoms with van der Waals surface area (Å²) < 4.78 is 44.1. The molecule has 0 aliphatic heterocycles. The predicted octanol–water partition coefficient (Wildman–Crippen LogP) is 1.89. The van der Waals surface area contributed by atoms with Crippen LogP contribution >= 0.6 is 11.8 Å². The van der Waals surface area contributed by atoms with Gasteiger partial charge in [-0.15, -0.1) is 0 Å². The number of methoxy groups -OCH3 is 1. The van der Waals surface area contributed by atoms with E-state index in [2.05, 4.69) is 15.6 Å². The number of halogens is 3. The molecule has 164 valence electrons. The summed E-state index contributed by atoms with van der Waals surface area (Å²) in [6, 6.07) is 4.09. The minimum absolute atomic E-state index is 0.0891. The van der Waals surface area contributed by atoms with Crippen molar-refractivity contribution in [3.8, 4) is 0 Å². The van der Waals surface area contributed by atoms with Crippen LogP contribution in [0.15, 0.2) is 35.6 Å². The lowest BCUT2D eigenvalue weighted by Crippen LogP contribution is -2.31. The summed E-state index contributed by atoms with van der Waals surface area (Å²) in [4.78, 5) is 28.2. The third-order valence-corrected chi connectivity index (χ3v) is 4.81. The van der Waals surface area contributed by atoms with E-state index in [0.717, 1.165) is 23.9 Å². The number of aliphatic hydroxyl groups is 1. The van der Waals surface area contributed by atoms with Gasteiger partial charge in [-0.05, 0) is 24.3 Å². The third-order valence-electron chi connectivity index (χ3n) is 3.82. The molecule has 30 heavy (non-hydrogen) atoms. The second kappa shape index (κ2) is 11.0. The van der Waals surface area contributed by atoms with Crippen molar-refractivity contribution in [3.63, 3.8) is 0 Å². The van der Waals surface area contributed by atoms with E-state index in [9.17, 15) is 27.9 Å². The molecular weight excluding hydrogens is 425 g/mol. The average Bonchev–Trinajstić information content (AvgIpc) is 3.08. The van der Waals surface area contributed by atoms with Crippen LogP contribution in [0.5, 0.6) is 0 Å². The molecule has 0 unspecified atom stereocenters. The molecule has 3 N–H and O–H groups in total. The Bertz CT molecular complexity index is 856. The van der Waals surface area contributed by atoms with Gasteiger partial charge >= 0.3 is 6.18 Å². The van der Waals surface area contributed by atoms with E-state index < -0.39 is 17.6 Å². The Morgan fingerprint density at radius 3 is 2.53 bits per heavy atom. The molecule has 0 spiro atoms. The molecule has 1 aromatic carbocycles. The first-order chi connectivity index (χ1) is 14.2. The molecule has 1 heterocycles. The Labute approximate surface area is 174 Å². The number of rotatable bonds is 10. The van der Waals surface area contributed by atoms with Crippen LogP contribution in [0.2, 0.25) is 0 Å². The molecule has 0 saturated heterocycles. The number of carbonyl (C=O) groups is 2. The molecular formula is C18H21F3N4O4S. The lowest BCUT2D eigenvalue weighted by Gasteiger charge is -2.11. The highest BCUT2D eigenvalue weighted by Gasteiger charge is 2.30. The molecule has 2 amide bonds. The maximum atomic E-state index is 12.6. The SMILES string of the molecule is COCCNC(=O)Cn1c(CO)cnc1SCC(=O)Nc1ccc(C(F)(F)F)cc1. The second-order valence-electron chi connectivity index (χ2n) is 6.03. The Kier molecular flexibility index (Phi) is 8.69. The Morgan fingerprint density at radius 1 is 1.23 bits per heavy atom. The van der Waals surface area contributed by atoms with Crippen LogP contribution in [0.1, 0.15) is 11.3 Å². The van der Waals surface area contributed by atoms with Gasteiger partial charge in [0, 0.05) is 19.3 Å².